The van der Waals surface area contributed by atoms with Gasteiger partial charge in [-0.15, -0.1) is 0 Å². The second-order valence-corrected chi connectivity index (χ2v) is 11.8. The van der Waals surface area contributed by atoms with Gasteiger partial charge >= 0.3 is 6.18 Å². The van der Waals surface area contributed by atoms with Gasteiger partial charge in [-0.3, -0.25) is 9.59 Å². The lowest BCUT2D eigenvalue weighted by Crippen LogP contribution is -2.48. The van der Waals surface area contributed by atoms with Crippen LogP contribution in [0.2, 0.25) is 10.0 Å². The summed E-state index contributed by atoms with van der Waals surface area (Å²) in [6.07, 6.45) is -1.06. The van der Waals surface area contributed by atoms with Gasteiger partial charge in [-0.05, 0) is 74.5 Å². The van der Waals surface area contributed by atoms with Crippen molar-refractivity contribution < 1.29 is 27.2 Å². The van der Waals surface area contributed by atoms with E-state index in [4.69, 9.17) is 23.2 Å². The maximum absolute atomic E-state index is 14.2. The van der Waals surface area contributed by atoms with Gasteiger partial charge in [0.1, 0.15) is 5.82 Å². The molecule has 2 aliphatic rings. The summed E-state index contributed by atoms with van der Waals surface area (Å²) >= 11 is 12.4. The molecule has 0 spiro atoms. The van der Waals surface area contributed by atoms with Crippen LogP contribution in [0.5, 0.6) is 0 Å². The van der Waals surface area contributed by atoms with Crippen LogP contribution in [0.3, 0.4) is 0 Å². The van der Waals surface area contributed by atoms with E-state index in [1.807, 2.05) is 11.8 Å². The molecular formula is C29H33Cl2F4N3O2. The largest absolute Gasteiger partial charge is 0.419 e. The van der Waals surface area contributed by atoms with E-state index in [1.54, 1.807) is 25.2 Å². The van der Waals surface area contributed by atoms with Crippen LogP contribution in [-0.4, -0.2) is 65.8 Å². The highest BCUT2D eigenvalue weighted by Gasteiger charge is 2.39. The Balaban J connectivity index is 1.48. The predicted octanol–water partition coefficient (Wildman–Crippen LogP) is 6.54. The van der Waals surface area contributed by atoms with Gasteiger partial charge in [0.25, 0.3) is 0 Å². The maximum atomic E-state index is 14.2. The molecule has 2 saturated heterocycles. The van der Waals surface area contributed by atoms with Gasteiger partial charge < -0.3 is 14.7 Å². The number of hydrogen-bond donors (Lipinski definition) is 0. The molecule has 40 heavy (non-hydrogen) atoms. The molecule has 1 atom stereocenters. The SMILES string of the molecule is CN(Cc1ccc(C(F)(F)F)c(F)c1)C(=O)C(C)(CCN1CCC(N2CCCC2=O)CC1)c1ccc(Cl)c(Cl)c1. The number of alkyl halides is 3. The number of halogens is 6. The number of likely N-dealkylation sites (N-methyl/N-ethyl adjacent to an activating group) is 1. The Bertz CT molecular complexity index is 1250. The van der Waals surface area contributed by atoms with E-state index < -0.39 is 23.0 Å². The zero-order valence-electron chi connectivity index (χ0n) is 22.5. The second kappa shape index (κ2) is 12.2. The standard InChI is InChI=1S/C29H33Cl2F4N3O2/c1-28(20-6-8-23(30)24(31)17-20,11-15-37-13-9-21(10-14-37)38-12-3-4-26(38)39)27(40)36(2)18-19-5-7-22(25(32)16-19)29(33,34)35/h5-8,16-17,21H,3-4,9-15,18H2,1-2H3. The second-order valence-electron chi connectivity index (χ2n) is 10.9. The number of carbonyl (C=O) groups is 2. The molecule has 5 nitrogen and oxygen atoms in total. The van der Waals surface area contributed by atoms with E-state index in [9.17, 15) is 27.2 Å². The normalized spacial score (nSPS) is 18.7. The highest BCUT2D eigenvalue weighted by molar-refractivity contribution is 6.42. The van der Waals surface area contributed by atoms with Gasteiger partial charge in [-0.25, -0.2) is 4.39 Å². The maximum Gasteiger partial charge on any atom is 0.419 e. The topological polar surface area (TPSA) is 43.9 Å². The van der Waals surface area contributed by atoms with E-state index in [1.165, 1.54) is 11.0 Å². The van der Waals surface area contributed by atoms with Gasteiger partial charge in [0.05, 0.1) is 21.0 Å². The molecule has 0 saturated carbocycles. The van der Waals surface area contributed by atoms with Crippen LogP contribution >= 0.6 is 23.2 Å². The Hall–Kier alpha value is -2.36. The first-order chi connectivity index (χ1) is 18.8. The Labute approximate surface area is 242 Å². The van der Waals surface area contributed by atoms with Crippen LogP contribution in [-0.2, 0) is 27.7 Å². The molecule has 0 aromatic heterocycles. The summed E-state index contributed by atoms with van der Waals surface area (Å²) in [6.45, 7) is 4.80. The fourth-order valence-corrected chi connectivity index (χ4v) is 6.06. The minimum Gasteiger partial charge on any atom is -0.341 e. The zero-order valence-corrected chi connectivity index (χ0v) is 24.1. The smallest absolute Gasteiger partial charge is 0.341 e. The quantitative estimate of drug-likeness (QED) is 0.323. The Morgan fingerprint density at radius 3 is 2.33 bits per heavy atom. The number of likely N-dealkylation sites (tertiary alicyclic amines) is 2. The van der Waals surface area contributed by atoms with Crippen molar-refractivity contribution in [2.24, 2.45) is 0 Å². The Morgan fingerprint density at radius 1 is 1.05 bits per heavy atom. The van der Waals surface area contributed by atoms with Crippen LogP contribution in [0.4, 0.5) is 17.6 Å². The van der Waals surface area contributed by atoms with Crippen molar-refractivity contribution in [3.05, 3.63) is 69.0 Å². The van der Waals surface area contributed by atoms with E-state index in [-0.39, 0.29) is 30.0 Å². The predicted molar refractivity (Wildman–Crippen MR) is 147 cm³/mol. The number of benzene rings is 2. The number of amides is 2. The van der Waals surface area contributed by atoms with Gasteiger partial charge in [0, 0.05) is 45.7 Å². The van der Waals surface area contributed by atoms with Crippen molar-refractivity contribution in [2.45, 2.75) is 63.2 Å². The van der Waals surface area contributed by atoms with Gasteiger partial charge in [-0.2, -0.15) is 13.2 Å². The van der Waals surface area contributed by atoms with E-state index in [0.29, 0.717) is 41.1 Å². The monoisotopic (exact) mass is 601 g/mol. The Morgan fingerprint density at radius 2 is 1.75 bits per heavy atom. The third-order valence-electron chi connectivity index (χ3n) is 8.17. The molecule has 1 unspecified atom stereocenters. The summed E-state index contributed by atoms with van der Waals surface area (Å²) in [5.74, 6) is -1.42. The molecule has 4 rings (SSSR count). The molecule has 0 N–H and O–H groups in total. The van der Waals surface area contributed by atoms with Crippen molar-refractivity contribution >= 4 is 35.0 Å². The molecule has 2 heterocycles. The van der Waals surface area contributed by atoms with Crippen LogP contribution < -0.4 is 0 Å². The number of hydrogen-bond acceptors (Lipinski definition) is 3. The Kier molecular flexibility index (Phi) is 9.37. The zero-order chi connectivity index (χ0) is 29.2. The molecule has 2 amide bonds. The number of nitrogens with zero attached hydrogens (tertiary/aromatic N) is 3. The lowest BCUT2D eigenvalue weighted by atomic mass is 9.77. The highest BCUT2D eigenvalue weighted by atomic mass is 35.5. The molecule has 0 aliphatic carbocycles. The third-order valence-corrected chi connectivity index (χ3v) is 8.91. The van der Waals surface area contributed by atoms with Gasteiger partial charge in [0.2, 0.25) is 11.8 Å². The summed E-state index contributed by atoms with van der Waals surface area (Å²) in [6, 6.07) is 8.00. The summed E-state index contributed by atoms with van der Waals surface area (Å²) in [5, 5.41) is 0.661. The van der Waals surface area contributed by atoms with Crippen LogP contribution in [0.1, 0.15) is 55.7 Å². The minimum absolute atomic E-state index is 0.0694. The molecule has 218 valence electrons. The lowest BCUT2D eigenvalue weighted by molar-refractivity contribution is -0.140. The molecule has 2 aliphatic heterocycles. The molecule has 2 fully saturated rings. The summed E-state index contributed by atoms with van der Waals surface area (Å²) in [4.78, 5) is 31.8. The number of rotatable bonds is 8. The van der Waals surface area contributed by atoms with E-state index >= 15 is 0 Å². The van der Waals surface area contributed by atoms with Crippen LogP contribution in [0.15, 0.2) is 36.4 Å². The van der Waals surface area contributed by atoms with Crippen molar-refractivity contribution in [3.8, 4) is 0 Å². The summed E-state index contributed by atoms with van der Waals surface area (Å²) < 4.78 is 53.1. The lowest BCUT2D eigenvalue weighted by Gasteiger charge is -2.39. The minimum atomic E-state index is -4.80. The molecule has 2 aromatic carbocycles. The third kappa shape index (κ3) is 6.74. The highest BCUT2D eigenvalue weighted by Crippen LogP contribution is 2.36. The first-order valence-electron chi connectivity index (χ1n) is 13.4. The summed E-state index contributed by atoms with van der Waals surface area (Å²) in [7, 11) is 1.55. The number of piperidine rings is 1. The molecular weight excluding hydrogens is 569 g/mol. The average Bonchev–Trinajstić information content (AvgIpc) is 3.33. The van der Waals surface area contributed by atoms with Crippen molar-refractivity contribution in [1.82, 2.24) is 14.7 Å². The van der Waals surface area contributed by atoms with Gasteiger partial charge in [-0.1, -0.05) is 35.3 Å². The number of carbonyl (C=O) groups excluding carboxylic acids is 2. The first kappa shape index (κ1) is 30.6. The molecule has 11 heteroatoms. The van der Waals surface area contributed by atoms with E-state index in [2.05, 4.69) is 4.90 Å². The average molecular weight is 603 g/mol. The van der Waals surface area contributed by atoms with Crippen molar-refractivity contribution in [2.75, 3.05) is 33.2 Å². The molecule has 0 bridgehead atoms. The molecule has 2 aromatic rings. The fraction of sp³-hybridized carbons (Fsp3) is 0.517. The van der Waals surface area contributed by atoms with E-state index in [0.717, 1.165) is 45.0 Å². The van der Waals surface area contributed by atoms with Crippen LogP contribution in [0, 0.1) is 5.82 Å². The summed E-state index contributed by atoms with van der Waals surface area (Å²) in [5.41, 5.74) is -1.47. The van der Waals surface area contributed by atoms with Gasteiger partial charge in [0.15, 0.2) is 0 Å². The van der Waals surface area contributed by atoms with Crippen molar-refractivity contribution in [3.63, 3.8) is 0 Å². The van der Waals surface area contributed by atoms with Crippen molar-refractivity contribution in [1.29, 1.82) is 0 Å². The molecule has 0 radical (unpaired) electrons. The van der Waals surface area contributed by atoms with Crippen LogP contribution in [0.25, 0.3) is 0 Å². The fourth-order valence-electron chi connectivity index (χ4n) is 5.76. The first-order valence-corrected chi connectivity index (χ1v) is 14.1.